The molecule has 0 radical (unpaired) electrons. The topological polar surface area (TPSA) is 133 Å². The zero-order valence-corrected chi connectivity index (χ0v) is 18.1. The van der Waals surface area contributed by atoms with Crippen LogP contribution >= 0.6 is 0 Å². The lowest BCUT2D eigenvalue weighted by Gasteiger charge is -2.10. The number of rotatable bonds is 5. The van der Waals surface area contributed by atoms with E-state index in [1.54, 1.807) is 22.9 Å². The van der Waals surface area contributed by atoms with E-state index >= 15 is 0 Å². The summed E-state index contributed by atoms with van der Waals surface area (Å²) in [5.74, 6) is 0.701. The number of nitrogens with two attached hydrogens (primary N) is 1. The molecule has 0 saturated heterocycles. The molecule has 10 nitrogen and oxygen atoms in total. The number of imidazole rings is 1. The van der Waals surface area contributed by atoms with Crippen LogP contribution in [0.1, 0.15) is 19.4 Å². The van der Waals surface area contributed by atoms with Crippen molar-refractivity contribution in [3.05, 3.63) is 60.6 Å². The van der Waals surface area contributed by atoms with E-state index in [4.69, 9.17) is 10.7 Å². The molecule has 0 aliphatic heterocycles. The van der Waals surface area contributed by atoms with Gasteiger partial charge in [-0.15, -0.1) is 5.10 Å². The van der Waals surface area contributed by atoms with E-state index in [1.165, 1.54) is 12.4 Å². The monoisotopic (exact) mass is 447 g/mol. The largest absolute Gasteiger partial charge is 0.392 e. The minimum absolute atomic E-state index is 0.0679. The van der Waals surface area contributed by atoms with E-state index in [-0.39, 0.29) is 12.4 Å². The Hall–Kier alpha value is -4.25. The number of anilines is 1. The van der Waals surface area contributed by atoms with Crippen molar-refractivity contribution in [3.63, 3.8) is 0 Å². The lowest BCUT2D eigenvalue weighted by Crippen LogP contribution is -2.04. The lowest BCUT2D eigenvalue weighted by molar-refractivity contribution is 0.282. The fourth-order valence-electron chi connectivity index (χ4n) is 3.25. The molecule has 168 valence electrons. The zero-order chi connectivity index (χ0) is 23.4. The van der Waals surface area contributed by atoms with Gasteiger partial charge in [-0.25, -0.2) is 24.3 Å². The van der Waals surface area contributed by atoms with E-state index in [0.29, 0.717) is 34.1 Å². The second kappa shape index (κ2) is 9.49. The molecule has 0 bridgehead atoms. The van der Waals surface area contributed by atoms with Gasteiger partial charge in [-0.1, -0.05) is 26.0 Å². The van der Waals surface area contributed by atoms with Gasteiger partial charge in [-0.2, -0.15) is 9.90 Å². The number of aliphatic hydroxyl groups is 1. The maximum Gasteiger partial charge on any atom is 0.200 e. The average molecular weight is 447 g/mol. The fraction of sp³-hybridized carbons (Fsp3) is 0.182. The van der Waals surface area contributed by atoms with Crippen LogP contribution in [0.25, 0.3) is 39.8 Å². The van der Waals surface area contributed by atoms with Gasteiger partial charge in [0.25, 0.3) is 0 Å². The smallest absolute Gasteiger partial charge is 0.200 e. The molecule has 3 N–H and O–H groups in total. The van der Waals surface area contributed by atoms with Gasteiger partial charge in [0, 0.05) is 18.1 Å². The summed E-state index contributed by atoms with van der Waals surface area (Å²) in [5, 5.41) is 17.3. The summed E-state index contributed by atoms with van der Waals surface area (Å²) in [4.78, 5) is 18.8. The van der Waals surface area contributed by atoms with Crippen molar-refractivity contribution in [1.82, 2.24) is 39.5 Å². The van der Waals surface area contributed by atoms with Crippen LogP contribution in [0.4, 0.5) is 10.2 Å². The van der Waals surface area contributed by atoms with Crippen LogP contribution in [0.2, 0.25) is 0 Å². The molecule has 0 atom stereocenters. The van der Waals surface area contributed by atoms with Crippen LogP contribution in [0.5, 0.6) is 0 Å². The highest BCUT2D eigenvalue weighted by Gasteiger charge is 2.20. The van der Waals surface area contributed by atoms with Crippen molar-refractivity contribution in [2.24, 2.45) is 0 Å². The third-order valence-electron chi connectivity index (χ3n) is 4.73. The van der Waals surface area contributed by atoms with E-state index < -0.39 is 6.80 Å². The summed E-state index contributed by atoms with van der Waals surface area (Å²) in [6, 6.07) is 10.8. The van der Waals surface area contributed by atoms with Crippen LogP contribution in [0.15, 0.2) is 55.0 Å². The maximum atomic E-state index is 12.8. The minimum atomic E-state index is -0.826. The quantitative estimate of drug-likeness (QED) is 0.420. The Labute approximate surface area is 188 Å². The van der Waals surface area contributed by atoms with E-state index in [2.05, 4.69) is 25.1 Å². The van der Waals surface area contributed by atoms with Crippen LogP contribution in [-0.4, -0.2) is 44.6 Å². The molecule has 1 aromatic carbocycles. The van der Waals surface area contributed by atoms with Crippen molar-refractivity contribution >= 4 is 17.0 Å². The summed E-state index contributed by atoms with van der Waals surface area (Å²) >= 11 is 0. The van der Waals surface area contributed by atoms with Gasteiger partial charge in [-0.05, 0) is 29.8 Å². The number of alkyl halides is 1. The highest BCUT2D eigenvalue weighted by molar-refractivity contribution is 5.83. The molecule has 0 spiro atoms. The first-order valence-electron chi connectivity index (χ1n) is 10.3. The Morgan fingerprint density at radius 2 is 1.73 bits per heavy atom. The molecule has 0 saturated carbocycles. The number of fused-ring (bicyclic) bond motifs is 1. The Bertz CT molecular complexity index is 1380. The van der Waals surface area contributed by atoms with Crippen molar-refractivity contribution in [2.45, 2.75) is 27.3 Å². The van der Waals surface area contributed by atoms with Crippen LogP contribution in [0, 0.1) is 0 Å². The van der Waals surface area contributed by atoms with Crippen LogP contribution in [-0.2, 0) is 13.4 Å². The molecule has 0 amide bonds. The SMILES string of the molecule is CC.Nc1nccnc1-c1nc2ccc(-c3cnn(CF)n3)nc2n1-c1ccc(CO)cc1. The van der Waals surface area contributed by atoms with Crippen LogP contribution < -0.4 is 5.73 Å². The molecular weight excluding hydrogens is 425 g/mol. The predicted octanol–water partition coefficient (Wildman–Crippen LogP) is 3.16. The number of aliphatic hydroxyl groups excluding tert-OH is 1. The number of benzene rings is 1. The standard InChI is InChI=1S/C20H16FN9O.C2H6/c21-11-29-25-9-16(28-29)14-5-6-15-19(26-14)30(13-3-1-12(10-31)2-4-13)20(27-15)17-18(22)24-8-7-23-17;1-2/h1-9,31H,10-11H2,(H2,22,24);1-2H3. The molecule has 11 heteroatoms. The van der Waals surface area contributed by atoms with Crippen molar-refractivity contribution in [2.75, 3.05) is 5.73 Å². The normalized spacial score (nSPS) is 10.8. The van der Waals surface area contributed by atoms with Gasteiger partial charge in [0.2, 0.25) is 6.80 Å². The number of aromatic nitrogens is 8. The van der Waals surface area contributed by atoms with Gasteiger partial charge < -0.3 is 10.8 Å². The van der Waals surface area contributed by atoms with Crippen molar-refractivity contribution in [1.29, 1.82) is 0 Å². The zero-order valence-electron chi connectivity index (χ0n) is 18.1. The molecule has 5 rings (SSSR count). The Morgan fingerprint density at radius 1 is 0.970 bits per heavy atom. The van der Waals surface area contributed by atoms with E-state index in [0.717, 1.165) is 16.0 Å². The Balaban J connectivity index is 0.00000126. The second-order valence-electron chi connectivity index (χ2n) is 6.65. The number of hydrogen-bond donors (Lipinski definition) is 2. The van der Waals surface area contributed by atoms with Gasteiger partial charge in [0.05, 0.1) is 18.5 Å². The Morgan fingerprint density at radius 3 is 2.39 bits per heavy atom. The average Bonchev–Trinajstić information content (AvgIpc) is 3.50. The first-order chi connectivity index (χ1) is 16.2. The maximum absolute atomic E-state index is 12.8. The van der Waals surface area contributed by atoms with Crippen LogP contribution in [0.3, 0.4) is 0 Å². The third kappa shape index (κ3) is 4.13. The number of nitrogen functional groups attached to an aromatic ring is 1. The summed E-state index contributed by atoms with van der Waals surface area (Å²) in [7, 11) is 0. The number of nitrogens with zero attached hydrogens (tertiary/aromatic N) is 8. The summed E-state index contributed by atoms with van der Waals surface area (Å²) < 4.78 is 14.6. The molecule has 0 fully saturated rings. The third-order valence-corrected chi connectivity index (χ3v) is 4.73. The molecule has 0 aliphatic carbocycles. The number of hydrogen-bond acceptors (Lipinski definition) is 8. The fourth-order valence-corrected chi connectivity index (χ4v) is 3.25. The van der Waals surface area contributed by atoms with Crippen molar-refractivity contribution < 1.29 is 9.50 Å². The number of halogens is 1. The number of pyridine rings is 1. The molecule has 33 heavy (non-hydrogen) atoms. The predicted molar refractivity (Wildman–Crippen MR) is 122 cm³/mol. The van der Waals surface area contributed by atoms with Gasteiger partial charge in [0.1, 0.15) is 16.9 Å². The molecule has 0 unspecified atom stereocenters. The summed E-state index contributed by atoms with van der Waals surface area (Å²) in [6.07, 6.45) is 4.50. The van der Waals surface area contributed by atoms with Gasteiger partial charge in [0.15, 0.2) is 17.3 Å². The first kappa shape index (κ1) is 22.0. The lowest BCUT2D eigenvalue weighted by atomic mass is 10.2. The molecule has 4 aromatic heterocycles. The van der Waals surface area contributed by atoms with Crippen molar-refractivity contribution in [3.8, 4) is 28.6 Å². The summed E-state index contributed by atoms with van der Waals surface area (Å²) in [6.45, 7) is 3.11. The molecule has 4 heterocycles. The molecule has 5 aromatic rings. The summed E-state index contributed by atoms with van der Waals surface area (Å²) in [5.41, 5.74) is 10.1. The highest BCUT2D eigenvalue weighted by atomic mass is 19.1. The first-order valence-corrected chi connectivity index (χ1v) is 10.3. The molecule has 0 aliphatic rings. The highest BCUT2D eigenvalue weighted by Crippen LogP contribution is 2.30. The van der Waals surface area contributed by atoms with Gasteiger partial charge in [-0.3, -0.25) is 4.57 Å². The van der Waals surface area contributed by atoms with Gasteiger partial charge >= 0.3 is 0 Å². The Kier molecular flexibility index (Phi) is 6.31. The second-order valence-corrected chi connectivity index (χ2v) is 6.65. The van der Waals surface area contributed by atoms with E-state index in [9.17, 15) is 9.50 Å². The van der Waals surface area contributed by atoms with E-state index in [1.807, 2.05) is 38.1 Å². The minimum Gasteiger partial charge on any atom is -0.392 e. The molecular formula is C22H22FN9O.